The maximum absolute atomic E-state index is 12.8. The molecule has 26 heavy (non-hydrogen) atoms. The Morgan fingerprint density at radius 3 is 2.65 bits per heavy atom. The second kappa shape index (κ2) is 6.87. The van der Waals surface area contributed by atoms with E-state index in [9.17, 15) is 13.2 Å². The third-order valence-electron chi connectivity index (χ3n) is 5.01. The predicted octanol–water partition coefficient (Wildman–Crippen LogP) is 3.24. The van der Waals surface area contributed by atoms with E-state index >= 15 is 0 Å². The lowest BCUT2D eigenvalue weighted by Gasteiger charge is -2.16. The van der Waals surface area contributed by atoms with Crippen LogP contribution >= 0.6 is 0 Å². The van der Waals surface area contributed by atoms with Crippen molar-refractivity contribution in [1.82, 2.24) is 9.78 Å². The van der Waals surface area contributed by atoms with Gasteiger partial charge in [0.1, 0.15) is 0 Å². The summed E-state index contributed by atoms with van der Waals surface area (Å²) in [7, 11) is -3.00. The summed E-state index contributed by atoms with van der Waals surface area (Å²) >= 11 is 0. The second-order valence-electron chi connectivity index (χ2n) is 7.29. The lowest BCUT2D eigenvalue weighted by molar-refractivity contribution is 0.102. The van der Waals surface area contributed by atoms with Gasteiger partial charge in [0, 0.05) is 11.4 Å². The minimum atomic E-state index is -3.00. The minimum Gasteiger partial charge on any atom is -0.321 e. The summed E-state index contributed by atoms with van der Waals surface area (Å²) in [6, 6.07) is 5.80. The standard InChI is InChI=1S/C19H25N3O3S/c1-12(2)16-7-5-6-13(3)18(16)21-19(23)17-10-20-22(14(17)4)15-8-9-26(24,25)11-15/h5-7,10,12,15H,8-9,11H2,1-4H3,(H,21,23). The molecule has 1 N–H and O–H groups in total. The van der Waals surface area contributed by atoms with Gasteiger partial charge in [0.25, 0.3) is 5.91 Å². The first kappa shape index (κ1) is 18.6. The molecule has 1 atom stereocenters. The molecule has 1 aromatic carbocycles. The van der Waals surface area contributed by atoms with Gasteiger partial charge in [-0.2, -0.15) is 5.10 Å². The van der Waals surface area contributed by atoms with Gasteiger partial charge in [-0.3, -0.25) is 9.48 Å². The van der Waals surface area contributed by atoms with E-state index in [0.29, 0.717) is 17.7 Å². The molecule has 2 heterocycles. The molecule has 1 aromatic heterocycles. The molecular weight excluding hydrogens is 350 g/mol. The van der Waals surface area contributed by atoms with E-state index in [4.69, 9.17) is 0 Å². The van der Waals surface area contributed by atoms with E-state index < -0.39 is 9.84 Å². The largest absolute Gasteiger partial charge is 0.321 e. The van der Waals surface area contributed by atoms with Gasteiger partial charge in [-0.05, 0) is 37.3 Å². The van der Waals surface area contributed by atoms with Gasteiger partial charge in [0.2, 0.25) is 0 Å². The first-order valence-electron chi connectivity index (χ1n) is 8.85. The third-order valence-corrected chi connectivity index (χ3v) is 6.76. The van der Waals surface area contributed by atoms with Gasteiger partial charge in [0.15, 0.2) is 9.84 Å². The molecule has 7 heteroatoms. The molecule has 1 aliphatic heterocycles. The summed E-state index contributed by atoms with van der Waals surface area (Å²) in [5, 5.41) is 7.32. The van der Waals surface area contributed by atoms with Crippen LogP contribution in [0.1, 0.15) is 59.4 Å². The molecule has 1 amide bonds. The topological polar surface area (TPSA) is 81.1 Å². The van der Waals surface area contributed by atoms with Crippen molar-refractivity contribution in [3.05, 3.63) is 46.8 Å². The highest BCUT2D eigenvalue weighted by Crippen LogP contribution is 2.29. The highest BCUT2D eigenvalue weighted by Gasteiger charge is 2.31. The number of hydrogen-bond acceptors (Lipinski definition) is 4. The predicted molar refractivity (Wildman–Crippen MR) is 102 cm³/mol. The monoisotopic (exact) mass is 375 g/mol. The molecule has 0 spiro atoms. The second-order valence-corrected chi connectivity index (χ2v) is 9.52. The van der Waals surface area contributed by atoms with Gasteiger partial charge in [-0.25, -0.2) is 8.42 Å². The Hall–Kier alpha value is -2.15. The molecular formula is C19H25N3O3S. The first-order valence-corrected chi connectivity index (χ1v) is 10.7. The summed E-state index contributed by atoms with van der Waals surface area (Å²) in [4.78, 5) is 12.8. The summed E-state index contributed by atoms with van der Waals surface area (Å²) in [6.07, 6.45) is 2.07. The third kappa shape index (κ3) is 3.53. The molecule has 1 saturated heterocycles. The maximum atomic E-state index is 12.8. The zero-order chi connectivity index (χ0) is 19.1. The number of nitrogens with one attached hydrogen (secondary N) is 1. The highest BCUT2D eigenvalue weighted by molar-refractivity contribution is 7.91. The molecule has 140 valence electrons. The first-order chi connectivity index (χ1) is 12.2. The van der Waals surface area contributed by atoms with E-state index in [-0.39, 0.29) is 29.4 Å². The molecule has 0 saturated carbocycles. The fourth-order valence-corrected chi connectivity index (χ4v) is 5.20. The smallest absolute Gasteiger partial charge is 0.259 e. The summed E-state index contributed by atoms with van der Waals surface area (Å²) in [5.74, 6) is 0.342. The van der Waals surface area contributed by atoms with Crippen molar-refractivity contribution in [1.29, 1.82) is 0 Å². The number of para-hydroxylation sites is 1. The molecule has 3 rings (SSSR count). The average molecular weight is 375 g/mol. The van der Waals surface area contributed by atoms with Crippen molar-refractivity contribution in [3.8, 4) is 0 Å². The number of nitrogens with zero attached hydrogens (tertiary/aromatic N) is 2. The number of amides is 1. The number of aryl methyl sites for hydroxylation is 1. The van der Waals surface area contributed by atoms with Crippen LogP contribution in [0.2, 0.25) is 0 Å². The van der Waals surface area contributed by atoms with Crippen molar-refractivity contribution in [2.24, 2.45) is 0 Å². The van der Waals surface area contributed by atoms with Gasteiger partial charge in [-0.15, -0.1) is 0 Å². The number of carbonyl (C=O) groups is 1. The van der Waals surface area contributed by atoms with Gasteiger partial charge in [0.05, 0.1) is 29.3 Å². The van der Waals surface area contributed by atoms with Crippen LogP contribution in [0.3, 0.4) is 0 Å². The van der Waals surface area contributed by atoms with Crippen LogP contribution < -0.4 is 5.32 Å². The van der Waals surface area contributed by atoms with Gasteiger partial charge >= 0.3 is 0 Å². The summed E-state index contributed by atoms with van der Waals surface area (Å²) in [6.45, 7) is 7.97. The molecule has 6 nitrogen and oxygen atoms in total. The Bertz CT molecular complexity index is 945. The van der Waals surface area contributed by atoms with E-state index in [1.165, 1.54) is 6.20 Å². The zero-order valence-electron chi connectivity index (χ0n) is 15.6. The molecule has 2 aromatic rings. The molecule has 1 aliphatic rings. The number of anilines is 1. The van der Waals surface area contributed by atoms with Crippen molar-refractivity contribution in [2.45, 2.75) is 46.1 Å². The van der Waals surface area contributed by atoms with Crippen molar-refractivity contribution < 1.29 is 13.2 Å². The lowest BCUT2D eigenvalue weighted by atomic mass is 9.98. The van der Waals surface area contributed by atoms with Crippen LogP contribution in [-0.2, 0) is 9.84 Å². The van der Waals surface area contributed by atoms with Crippen LogP contribution in [0.5, 0.6) is 0 Å². The summed E-state index contributed by atoms with van der Waals surface area (Å²) < 4.78 is 25.1. The van der Waals surface area contributed by atoms with Crippen molar-refractivity contribution >= 4 is 21.4 Å². The van der Waals surface area contributed by atoms with Gasteiger partial charge < -0.3 is 5.32 Å². The van der Waals surface area contributed by atoms with Gasteiger partial charge in [-0.1, -0.05) is 32.0 Å². The Balaban J connectivity index is 1.87. The summed E-state index contributed by atoms with van der Waals surface area (Å²) in [5.41, 5.74) is 4.11. The highest BCUT2D eigenvalue weighted by atomic mass is 32.2. The number of sulfone groups is 1. The van der Waals surface area contributed by atoms with Crippen LogP contribution in [0.4, 0.5) is 5.69 Å². The maximum Gasteiger partial charge on any atom is 0.259 e. The minimum absolute atomic E-state index is 0.0892. The fraction of sp³-hybridized carbons (Fsp3) is 0.474. The fourth-order valence-electron chi connectivity index (χ4n) is 3.51. The number of aromatic nitrogens is 2. The van der Waals surface area contributed by atoms with Crippen molar-refractivity contribution in [2.75, 3.05) is 16.8 Å². The molecule has 1 fully saturated rings. The lowest BCUT2D eigenvalue weighted by Crippen LogP contribution is -2.17. The molecule has 1 unspecified atom stereocenters. The van der Waals surface area contributed by atoms with Crippen LogP contribution in [-0.4, -0.2) is 35.6 Å². The number of rotatable bonds is 4. The Labute approximate surface area is 154 Å². The molecule has 0 radical (unpaired) electrons. The Kier molecular flexibility index (Phi) is 4.92. The Morgan fingerprint density at radius 2 is 2.04 bits per heavy atom. The average Bonchev–Trinajstić information content (AvgIpc) is 3.11. The normalized spacial score (nSPS) is 19.0. The van der Waals surface area contributed by atoms with Crippen LogP contribution in [0.25, 0.3) is 0 Å². The zero-order valence-corrected chi connectivity index (χ0v) is 16.4. The van der Waals surface area contributed by atoms with Crippen LogP contribution in [0, 0.1) is 13.8 Å². The van der Waals surface area contributed by atoms with E-state index in [1.54, 1.807) is 4.68 Å². The number of benzene rings is 1. The quantitative estimate of drug-likeness (QED) is 0.889. The Morgan fingerprint density at radius 1 is 1.31 bits per heavy atom. The molecule has 0 bridgehead atoms. The number of hydrogen-bond donors (Lipinski definition) is 1. The van der Waals surface area contributed by atoms with Crippen LogP contribution in [0.15, 0.2) is 24.4 Å². The van der Waals surface area contributed by atoms with E-state index in [2.05, 4.69) is 24.3 Å². The SMILES string of the molecule is Cc1cccc(C(C)C)c1NC(=O)c1cnn(C2CCS(=O)(=O)C2)c1C. The molecule has 0 aliphatic carbocycles. The van der Waals surface area contributed by atoms with E-state index in [1.807, 2.05) is 32.0 Å². The number of carbonyl (C=O) groups excluding carboxylic acids is 1. The van der Waals surface area contributed by atoms with E-state index in [0.717, 1.165) is 16.8 Å². The van der Waals surface area contributed by atoms with Crippen molar-refractivity contribution in [3.63, 3.8) is 0 Å².